The van der Waals surface area contributed by atoms with E-state index >= 15 is 0 Å². The van der Waals surface area contributed by atoms with Gasteiger partial charge in [-0.3, -0.25) is 4.79 Å². The Morgan fingerprint density at radius 3 is 2.42 bits per heavy atom. The first kappa shape index (κ1) is 20.9. The van der Waals surface area contributed by atoms with Crippen molar-refractivity contribution >= 4 is 16.0 Å². The average Bonchev–Trinajstić information content (AvgIpc) is 2.51. The summed E-state index contributed by atoms with van der Waals surface area (Å²) < 4.78 is 26.2. The molecule has 1 aliphatic rings. The van der Waals surface area contributed by atoms with Crippen molar-refractivity contribution < 1.29 is 23.4 Å². The molecule has 6 nitrogen and oxygen atoms in total. The largest absolute Gasteiger partial charge is 0.481 e. The summed E-state index contributed by atoms with van der Waals surface area (Å²) in [6, 6.07) is 0. The molecule has 0 heterocycles. The summed E-state index contributed by atoms with van der Waals surface area (Å²) in [6.07, 6.45) is 7.71. The SMILES string of the molecule is O=C(O)CCCCCCNS(=O)(=O)CCC#CC1(O)CCCCC1. The van der Waals surface area contributed by atoms with Crippen molar-refractivity contribution in [1.82, 2.24) is 4.72 Å². The molecular weight excluding hydrogens is 330 g/mol. The van der Waals surface area contributed by atoms with E-state index in [0.717, 1.165) is 32.1 Å². The molecule has 0 aromatic carbocycles. The summed E-state index contributed by atoms with van der Waals surface area (Å²) in [6.45, 7) is 0.368. The van der Waals surface area contributed by atoms with Gasteiger partial charge in [0.05, 0.1) is 5.75 Å². The molecule has 0 aromatic heterocycles. The fourth-order valence-corrected chi connectivity index (χ4v) is 3.70. The smallest absolute Gasteiger partial charge is 0.303 e. The van der Waals surface area contributed by atoms with Crippen molar-refractivity contribution in [2.45, 2.75) is 76.2 Å². The quantitative estimate of drug-likeness (QED) is 0.409. The highest BCUT2D eigenvalue weighted by molar-refractivity contribution is 7.89. The van der Waals surface area contributed by atoms with Gasteiger partial charge in [0.1, 0.15) is 5.60 Å². The average molecular weight is 359 g/mol. The van der Waals surface area contributed by atoms with Gasteiger partial charge in [0.25, 0.3) is 0 Å². The van der Waals surface area contributed by atoms with Gasteiger partial charge in [-0.05, 0) is 38.5 Å². The zero-order chi connectivity index (χ0) is 17.9. The van der Waals surface area contributed by atoms with E-state index in [9.17, 15) is 18.3 Å². The second-order valence-corrected chi connectivity index (χ2v) is 8.34. The van der Waals surface area contributed by atoms with Crippen LogP contribution in [0.15, 0.2) is 0 Å². The normalized spacial score (nSPS) is 17.0. The molecule has 1 aliphatic carbocycles. The van der Waals surface area contributed by atoms with Crippen LogP contribution in [0.3, 0.4) is 0 Å². The van der Waals surface area contributed by atoms with Gasteiger partial charge in [0, 0.05) is 19.4 Å². The van der Waals surface area contributed by atoms with Crippen LogP contribution >= 0.6 is 0 Å². The molecule has 0 unspecified atom stereocenters. The Kier molecular flexibility index (Phi) is 9.34. The Balaban J connectivity index is 2.14. The minimum atomic E-state index is -3.34. The highest BCUT2D eigenvalue weighted by Crippen LogP contribution is 2.27. The zero-order valence-corrected chi connectivity index (χ0v) is 15.0. The Labute approximate surface area is 145 Å². The number of nitrogens with one attached hydrogen (secondary N) is 1. The van der Waals surface area contributed by atoms with Crippen molar-refractivity contribution in [2.75, 3.05) is 12.3 Å². The minimum absolute atomic E-state index is 0.0604. The molecule has 1 fully saturated rings. The first-order chi connectivity index (χ1) is 11.3. The fraction of sp³-hybridized carbons (Fsp3) is 0.824. The zero-order valence-electron chi connectivity index (χ0n) is 14.2. The minimum Gasteiger partial charge on any atom is -0.481 e. The van der Waals surface area contributed by atoms with Crippen LogP contribution in [0.5, 0.6) is 0 Å². The van der Waals surface area contributed by atoms with Crippen molar-refractivity contribution in [1.29, 1.82) is 0 Å². The highest BCUT2D eigenvalue weighted by Gasteiger charge is 2.26. The number of aliphatic hydroxyl groups is 1. The van der Waals surface area contributed by atoms with E-state index < -0.39 is 21.6 Å². The Morgan fingerprint density at radius 2 is 1.75 bits per heavy atom. The predicted molar refractivity (Wildman–Crippen MR) is 92.9 cm³/mol. The number of rotatable bonds is 10. The van der Waals surface area contributed by atoms with E-state index in [-0.39, 0.29) is 18.6 Å². The molecule has 7 heteroatoms. The summed E-state index contributed by atoms with van der Waals surface area (Å²) in [4.78, 5) is 10.3. The monoisotopic (exact) mass is 359 g/mol. The maximum atomic E-state index is 11.8. The van der Waals surface area contributed by atoms with E-state index in [1.807, 2.05) is 0 Å². The van der Waals surface area contributed by atoms with Crippen LogP contribution in [0.25, 0.3) is 0 Å². The van der Waals surface area contributed by atoms with Crippen molar-refractivity contribution in [2.24, 2.45) is 0 Å². The second-order valence-electron chi connectivity index (χ2n) is 6.42. The molecular formula is C17H29NO5S. The van der Waals surface area contributed by atoms with Crippen molar-refractivity contribution in [3.05, 3.63) is 0 Å². The summed E-state index contributed by atoms with van der Waals surface area (Å²) >= 11 is 0. The van der Waals surface area contributed by atoms with Gasteiger partial charge in [0.15, 0.2) is 0 Å². The Morgan fingerprint density at radius 1 is 1.08 bits per heavy atom. The predicted octanol–water partition coefficient (Wildman–Crippen LogP) is 2.03. The molecule has 3 N–H and O–H groups in total. The lowest BCUT2D eigenvalue weighted by molar-refractivity contribution is -0.137. The fourth-order valence-electron chi connectivity index (χ4n) is 2.73. The number of unbranched alkanes of at least 4 members (excludes halogenated alkanes) is 3. The number of carboxylic acid groups (broad SMARTS) is 1. The molecule has 0 atom stereocenters. The Bertz CT molecular complexity index is 541. The lowest BCUT2D eigenvalue weighted by Gasteiger charge is -2.26. The summed E-state index contributed by atoms with van der Waals surface area (Å²) in [5, 5.41) is 18.7. The van der Waals surface area contributed by atoms with Crippen LogP contribution in [-0.4, -0.2) is 42.5 Å². The number of carbonyl (C=O) groups is 1. The van der Waals surface area contributed by atoms with Gasteiger partial charge >= 0.3 is 5.97 Å². The lowest BCUT2D eigenvalue weighted by atomic mass is 9.85. The third-order valence-electron chi connectivity index (χ3n) is 4.14. The maximum absolute atomic E-state index is 11.8. The van der Waals surface area contributed by atoms with E-state index in [1.54, 1.807) is 0 Å². The highest BCUT2D eigenvalue weighted by atomic mass is 32.2. The molecule has 0 bridgehead atoms. The van der Waals surface area contributed by atoms with Crippen molar-refractivity contribution in [3.8, 4) is 11.8 Å². The molecule has 1 saturated carbocycles. The van der Waals surface area contributed by atoms with Crippen LogP contribution in [0, 0.1) is 11.8 Å². The molecule has 0 saturated heterocycles. The third kappa shape index (κ3) is 9.91. The number of hydrogen-bond donors (Lipinski definition) is 3. The topological polar surface area (TPSA) is 104 Å². The molecule has 0 aromatic rings. The van der Waals surface area contributed by atoms with Gasteiger partial charge in [-0.1, -0.05) is 31.1 Å². The van der Waals surface area contributed by atoms with Gasteiger partial charge in [-0.2, -0.15) is 0 Å². The molecule has 0 spiro atoms. The molecule has 0 aliphatic heterocycles. The summed E-state index contributed by atoms with van der Waals surface area (Å²) in [5.41, 5.74) is -0.925. The van der Waals surface area contributed by atoms with Crippen molar-refractivity contribution in [3.63, 3.8) is 0 Å². The van der Waals surface area contributed by atoms with E-state index in [4.69, 9.17) is 5.11 Å². The van der Waals surface area contributed by atoms with E-state index in [1.165, 1.54) is 0 Å². The number of hydrogen-bond acceptors (Lipinski definition) is 4. The van der Waals surface area contributed by atoms with Gasteiger partial charge in [-0.15, -0.1) is 0 Å². The summed E-state index contributed by atoms with van der Waals surface area (Å²) in [5.74, 6) is 4.78. The van der Waals surface area contributed by atoms with Crippen LogP contribution < -0.4 is 4.72 Å². The van der Waals surface area contributed by atoms with Gasteiger partial charge < -0.3 is 10.2 Å². The molecule has 24 heavy (non-hydrogen) atoms. The van der Waals surface area contributed by atoms with Crippen LogP contribution in [0.1, 0.15) is 70.6 Å². The van der Waals surface area contributed by atoms with Crippen LogP contribution in [-0.2, 0) is 14.8 Å². The number of sulfonamides is 1. The lowest BCUT2D eigenvalue weighted by Crippen LogP contribution is -2.29. The van der Waals surface area contributed by atoms with Gasteiger partial charge in [0.2, 0.25) is 10.0 Å². The standard InChI is InChI=1S/C17H29NO5S/c19-16(20)10-4-1-2-8-14-18-24(22,23)15-9-7-13-17(21)11-5-3-6-12-17/h18,21H,1-6,8-12,14-15H2,(H,19,20). The van der Waals surface area contributed by atoms with E-state index in [2.05, 4.69) is 16.6 Å². The van der Waals surface area contributed by atoms with Crippen LogP contribution in [0.2, 0.25) is 0 Å². The van der Waals surface area contributed by atoms with E-state index in [0.29, 0.717) is 32.2 Å². The number of aliphatic carboxylic acids is 1. The first-order valence-electron chi connectivity index (χ1n) is 8.75. The second kappa shape index (κ2) is 10.7. The molecule has 138 valence electrons. The molecule has 0 radical (unpaired) electrons. The number of carboxylic acids is 1. The molecule has 0 amide bonds. The summed E-state index contributed by atoms with van der Waals surface area (Å²) in [7, 11) is -3.34. The van der Waals surface area contributed by atoms with Gasteiger partial charge in [-0.25, -0.2) is 13.1 Å². The third-order valence-corrected chi connectivity index (χ3v) is 5.52. The van der Waals surface area contributed by atoms with Crippen LogP contribution in [0.4, 0.5) is 0 Å². The Hall–Kier alpha value is -1.10. The maximum Gasteiger partial charge on any atom is 0.303 e. The molecule has 1 rings (SSSR count). The first-order valence-corrected chi connectivity index (χ1v) is 10.4.